The van der Waals surface area contributed by atoms with Gasteiger partial charge in [-0.05, 0) is 30.3 Å². The molecule has 0 spiro atoms. The molecule has 150 valence electrons. The third-order valence-corrected chi connectivity index (χ3v) is 3.81. The van der Waals surface area contributed by atoms with Crippen LogP contribution in [0.15, 0.2) is 48.5 Å². The lowest BCUT2D eigenvalue weighted by molar-refractivity contribution is -0.601. The second-order valence-electron chi connectivity index (χ2n) is 5.38. The van der Waals surface area contributed by atoms with Crippen molar-refractivity contribution in [2.24, 2.45) is 0 Å². The molecule has 2 rings (SSSR count). The number of nitro groups is 1. The second-order valence-corrected chi connectivity index (χ2v) is 5.79. The second kappa shape index (κ2) is 8.34. The summed E-state index contributed by atoms with van der Waals surface area (Å²) >= 11 is 5.77. The van der Waals surface area contributed by atoms with Crippen molar-refractivity contribution < 1.29 is 37.1 Å². The van der Waals surface area contributed by atoms with Crippen molar-refractivity contribution in [1.82, 2.24) is 0 Å². The van der Waals surface area contributed by atoms with E-state index in [9.17, 15) is 28.1 Å². The molecule has 0 heterocycles. The van der Waals surface area contributed by atoms with Gasteiger partial charge in [0.2, 0.25) is 6.61 Å². The van der Waals surface area contributed by atoms with Gasteiger partial charge >= 0.3 is 17.9 Å². The van der Waals surface area contributed by atoms with E-state index in [-0.39, 0.29) is 11.5 Å². The Morgan fingerprint density at radius 2 is 1.82 bits per heavy atom. The van der Waals surface area contributed by atoms with Gasteiger partial charge in [-0.1, -0.05) is 29.8 Å². The van der Waals surface area contributed by atoms with Gasteiger partial charge in [0.25, 0.3) is 0 Å². The predicted molar refractivity (Wildman–Crippen MR) is 90.8 cm³/mol. The molecule has 28 heavy (non-hydrogen) atoms. The van der Waals surface area contributed by atoms with E-state index in [0.717, 1.165) is 13.2 Å². The van der Waals surface area contributed by atoms with Gasteiger partial charge in [-0.3, -0.25) is 10.1 Å². The number of hydrogen-bond donors (Lipinski definition) is 0. The number of rotatable bonds is 7. The number of ether oxygens (including phenoxy) is 3. The molecule has 0 aliphatic rings. The topological polar surface area (TPSA) is 87.9 Å². The SMILES string of the molecule is COC(=O)C(COc1ccc(C(F)(F)F)cc1Cl)(Oc1ccccc1)[N+](=O)[O-]. The lowest BCUT2D eigenvalue weighted by Crippen LogP contribution is -2.56. The first-order valence-electron chi connectivity index (χ1n) is 7.56. The van der Waals surface area contributed by atoms with Crippen LogP contribution in [0.25, 0.3) is 0 Å². The number of nitrogens with zero attached hydrogens (tertiary/aromatic N) is 1. The Hall–Kier alpha value is -3.01. The number of alkyl halides is 3. The highest BCUT2D eigenvalue weighted by atomic mass is 35.5. The van der Waals surface area contributed by atoms with Gasteiger partial charge in [0.05, 0.1) is 22.6 Å². The zero-order valence-corrected chi connectivity index (χ0v) is 15.0. The zero-order chi connectivity index (χ0) is 20.9. The fourth-order valence-corrected chi connectivity index (χ4v) is 2.34. The summed E-state index contributed by atoms with van der Waals surface area (Å²) in [6.07, 6.45) is -4.63. The van der Waals surface area contributed by atoms with Crippen molar-refractivity contribution in [2.45, 2.75) is 11.9 Å². The highest BCUT2D eigenvalue weighted by Gasteiger charge is 2.57. The number of para-hydroxylation sites is 1. The number of esters is 1. The molecule has 0 saturated heterocycles. The summed E-state index contributed by atoms with van der Waals surface area (Å²) in [5.41, 5.74) is -3.83. The first-order valence-corrected chi connectivity index (χ1v) is 7.94. The van der Waals surface area contributed by atoms with Crippen molar-refractivity contribution in [3.8, 4) is 11.5 Å². The van der Waals surface area contributed by atoms with Crippen LogP contribution in [-0.4, -0.2) is 30.3 Å². The molecule has 2 aromatic rings. The molecule has 11 heteroatoms. The summed E-state index contributed by atoms with van der Waals surface area (Å²) in [5, 5.41) is 11.2. The minimum absolute atomic E-state index is 0.0216. The normalized spacial score (nSPS) is 13.3. The number of benzene rings is 2. The van der Waals surface area contributed by atoms with Crippen molar-refractivity contribution in [3.05, 3.63) is 69.2 Å². The Bertz CT molecular complexity index is 862. The van der Waals surface area contributed by atoms with Crippen molar-refractivity contribution in [3.63, 3.8) is 0 Å². The molecule has 2 aromatic carbocycles. The van der Waals surface area contributed by atoms with Crippen LogP contribution >= 0.6 is 11.6 Å². The molecular formula is C17H13ClF3NO6. The van der Waals surface area contributed by atoms with E-state index in [1.165, 1.54) is 24.3 Å². The number of halogens is 4. The van der Waals surface area contributed by atoms with Crippen LogP contribution in [0, 0.1) is 10.1 Å². The largest absolute Gasteiger partial charge is 0.494 e. The van der Waals surface area contributed by atoms with Crippen LogP contribution in [0.2, 0.25) is 5.02 Å². The zero-order valence-electron chi connectivity index (χ0n) is 14.2. The average molecular weight is 420 g/mol. The lowest BCUT2D eigenvalue weighted by atomic mass is 10.2. The minimum Gasteiger partial charge on any atom is -0.479 e. The van der Waals surface area contributed by atoms with E-state index in [4.69, 9.17) is 21.1 Å². The Labute approximate surface area is 161 Å². The number of carbonyl (C=O) groups excluding carboxylic acids is 1. The van der Waals surface area contributed by atoms with Crippen LogP contribution in [-0.2, 0) is 15.7 Å². The van der Waals surface area contributed by atoms with E-state index >= 15 is 0 Å². The molecule has 0 saturated carbocycles. The van der Waals surface area contributed by atoms with E-state index in [1.807, 2.05) is 0 Å². The molecule has 0 N–H and O–H groups in total. The fraction of sp³-hybridized carbons (Fsp3) is 0.235. The summed E-state index contributed by atoms with van der Waals surface area (Å²) in [6, 6.07) is 9.56. The number of methoxy groups -OCH3 is 1. The predicted octanol–water partition coefficient (Wildman–Crippen LogP) is 3.96. The van der Waals surface area contributed by atoms with E-state index in [2.05, 4.69) is 4.74 Å². The van der Waals surface area contributed by atoms with Gasteiger partial charge < -0.3 is 14.2 Å². The third kappa shape index (κ3) is 4.63. The van der Waals surface area contributed by atoms with Crippen LogP contribution in [0.1, 0.15) is 5.56 Å². The third-order valence-electron chi connectivity index (χ3n) is 3.51. The Balaban J connectivity index is 2.33. The van der Waals surface area contributed by atoms with Crippen molar-refractivity contribution >= 4 is 17.6 Å². The standard InChI is InChI=1S/C17H13ClF3NO6/c1-26-15(23)16(22(24)25,28-12-5-3-2-4-6-12)10-27-14-8-7-11(9-13(14)18)17(19,20)21/h2-9H,10H2,1H3. The summed E-state index contributed by atoms with van der Waals surface area (Å²) < 4.78 is 53.0. The van der Waals surface area contributed by atoms with Crippen molar-refractivity contribution in [2.75, 3.05) is 13.7 Å². The summed E-state index contributed by atoms with van der Waals surface area (Å²) in [6.45, 7) is -1.01. The van der Waals surface area contributed by atoms with Crippen molar-refractivity contribution in [1.29, 1.82) is 0 Å². The van der Waals surface area contributed by atoms with Gasteiger partial charge in [0.15, 0.2) is 0 Å². The molecule has 0 aliphatic heterocycles. The molecular weight excluding hydrogens is 407 g/mol. The highest BCUT2D eigenvalue weighted by Crippen LogP contribution is 2.35. The maximum Gasteiger partial charge on any atom is 0.494 e. The average Bonchev–Trinajstić information content (AvgIpc) is 2.65. The quantitative estimate of drug-likeness (QED) is 0.292. The van der Waals surface area contributed by atoms with Gasteiger partial charge in [-0.15, -0.1) is 0 Å². The Morgan fingerprint density at radius 3 is 2.32 bits per heavy atom. The highest BCUT2D eigenvalue weighted by molar-refractivity contribution is 6.32. The molecule has 0 aromatic heterocycles. The number of carbonyl (C=O) groups is 1. The molecule has 0 fully saturated rings. The maximum atomic E-state index is 12.7. The van der Waals surface area contributed by atoms with Gasteiger partial charge in [-0.2, -0.15) is 13.2 Å². The first-order chi connectivity index (χ1) is 13.1. The maximum absolute atomic E-state index is 12.7. The van der Waals surface area contributed by atoms with E-state index in [1.54, 1.807) is 6.07 Å². The fourth-order valence-electron chi connectivity index (χ4n) is 2.11. The molecule has 7 nitrogen and oxygen atoms in total. The molecule has 0 aliphatic carbocycles. The molecule has 0 radical (unpaired) electrons. The molecule has 1 atom stereocenters. The van der Waals surface area contributed by atoms with Crippen LogP contribution in [0.3, 0.4) is 0 Å². The first kappa shape index (κ1) is 21.3. The number of hydrogen-bond acceptors (Lipinski definition) is 6. The molecule has 0 amide bonds. The van der Waals surface area contributed by atoms with Crippen LogP contribution < -0.4 is 9.47 Å². The summed E-state index contributed by atoms with van der Waals surface area (Å²) in [7, 11) is 0.917. The van der Waals surface area contributed by atoms with Gasteiger partial charge in [-0.25, -0.2) is 4.79 Å². The Morgan fingerprint density at radius 1 is 1.18 bits per heavy atom. The molecule has 1 unspecified atom stereocenters. The molecule has 0 bridgehead atoms. The van der Waals surface area contributed by atoms with Crippen LogP contribution in [0.4, 0.5) is 13.2 Å². The summed E-state index contributed by atoms with van der Waals surface area (Å²) in [5.74, 6) is -1.70. The van der Waals surface area contributed by atoms with E-state index in [0.29, 0.717) is 12.1 Å². The van der Waals surface area contributed by atoms with Gasteiger partial charge in [0, 0.05) is 0 Å². The lowest BCUT2D eigenvalue weighted by Gasteiger charge is -2.23. The minimum atomic E-state index is -4.63. The van der Waals surface area contributed by atoms with Crippen LogP contribution in [0.5, 0.6) is 11.5 Å². The summed E-state index contributed by atoms with van der Waals surface area (Å²) in [4.78, 5) is 22.7. The smallest absolute Gasteiger partial charge is 0.479 e. The van der Waals surface area contributed by atoms with E-state index < -0.39 is 40.0 Å². The van der Waals surface area contributed by atoms with Gasteiger partial charge in [0.1, 0.15) is 11.5 Å². The monoisotopic (exact) mass is 419 g/mol. The Kier molecular flexibility index (Phi) is 6.34.